The van der Waals surface area contributed by atoms with Crippen molar-refractivity contribution in [1.82, 2.24) is 20.3 Å². The molecule has 0 radical (unpaired) electrons. The molecule has 11 nitrogen and oxygen atoms in total. The molecule has 5 heterocycles. The maximum absolute atomic E-state index is 11.8. The van der Waals surface area contributed by atoms with E-state index in [1.807, 2.05) is 36.4 Å². The van der Waals surface area contributed by atoms with Crippen LogP contribution < -0.4 is 16.0 Å². The van der Waals surface area contributed by atoms with Crippen molar-refractivity contribution in [3.63, 3.8) is 0 Å². The van der Waals surface area contributed by atoms with Crippen LogP contribution in [0.1, 0.15) is 46.1 Å². The first-order valence-electron chi connectivity index (χ1n) is 12.3. The highest BCUT2D eigenvalue weighted by molar-refractivity contribution is 6.01. The zero-order chi connectivity index (χ0) is 25.2. The van der Waals surface area contributed by atoms with E-state index in [-0.39, 0.29) is 24.1 Å². The van der Waals surface area contributed by atoms with Crippen LogP contribution in [-0.2, 0) is 16.0 Å². The number of aliphatic hydroxyl groups excluding tert-OH is 1. The molecule has 37 heavy (non-hydrogen) atoms. The van der Waals surface area contributed by atoms with Crippen LogP contribution >= 0.6 is 0 Å². The summed E-state index contributed by atoms with van der Waals surface area (Å²) in [5.74, 6) is 1.17. The molecule has 190 valence electrons. The molecule has 2 aromatic heterocycles. The predicted octanol–water partition coefficient (Wildman–Crippen LogP) is 2.33. The lowest BCUT2D eigenvalue weighted by molar-refractivity contribution is 0.0442. The molecule has 3 aromatic rings. The van der Waals surface area contributed by atoms with Gasteiger partial charge in [-0.25, -0.2) is 19.9 Å². The fourth-order valence-corrected chi connectivity index (χ4v) is 4.72. The topological polar surface area (TPSA) is 143 Å². The number of benzene rings is 1. The van der Waals surface area contributed by atoms with Gasteiger partial charge in [0.05, 0.1) is 41.7 Å². The van der Waals surface area contributed by atoms with Gasteiger partial charge in [0.15, 0.2) is 0 Å². The smallest absolute Gasteiger partial charge is 0.255 e. The summed E-state index contributed by atoms with van der Waals surface area (Å²) in [4.78, 5) is 30.1. The fraction of sp³-hybridized carbons (Fsp3) is 0.346. The second-order valence-electron chi connectivity index (χ2n) is 9.31. The lowest BCUT2D eigenvalue weighted by atomic mass is 9.92. The van der Waals surface area contributed by atoms with E-state index >= 15 is 0 Å². The van der Waals surface area contributed by atoms with Crippen LogP contribution in [0.4, 0.5) is 17.5 Å². The van der Waals surface area contributed by atoms with Crippen molar-refractivity contribution in [2.24, 2.45) is 4.99 Å². The summed E-state index contributed by atoms with van der Waals surface area (Å²) in [5, 5.41) is 19.5. The fourth-order valence-electron chi connectivity index (χ4n) is 4.72. The molecular formula is C26H27N7O4. The Morgan fingerprint density at radius 1 is 1.11 bits per heavy atom. The number of aliphatic imine (C=N–C) groups is 1. The predicted molar refractivity (Wildman–Crippen MR) is 136 cm³/mol. The molecule has 1 atom stereocenters. The Morgan fingerprint density at radius 3 is 2.73 bits per heavy atom. The van der Waals surface area contributed by atoms with Crippen LogP contribution in [0.3, 0.4) is 0 Å². The number of ether oxygens (including phenoxy) is 2. The van der Waals surface area contributed by atoms with E-state index in [1.165, 1.54) is 6.20 Å². The number of aliphatic hydroxyl groups is 1. The Hall–Kier alpha value is -4.09. The second-order valence-corrected chi connectivity index (χ2v) is 9.31. The van der Waals surface area contributed by atoms with Crippen LogP contribution in [-0.4, -0.2) is 63.8 Å². The van der Waals surface area contributed by atoms with E-state index in [1.54, 1.807) is 6.20 Å². The van der Waals surface area contributed by atoms with Crippen LogP contribution in [0.15, 0.2) is 53.8 Å². The number of hydrogen-bond donors (Lipinski definition) is 4. The second kappa shape index (κ2) is 9.75. The average Bonchev–Trinajstić information content (AvgIpc) is 3.51. The molecule has 0 bridgehead atoms. The molecule has 1 saturated heterocycles. The molecule has 11 heteroatoms. The van der Waals surface area contributed by atoms with Crippen molar-refractivity contribution in [2.45, 2.75) is 31.0 Å². The third kappa shape index (κ3) is 4.70. The summed E-state index contributed by atoms with van der Waals surface area (Å²) in [6.45, 7) is 2.08. The average molecular weight is 502 g/mol. The number of nitrogens with zero attached hydrogens (tertiary/aromatic N) is 4. The van der Waals surface area contributed by atoms with E-state index in [9.17, 15) is 9.90 Å². The van der Waals surface area contributed by atoms with Gasteiger partial charge in [-0.15, -0.1) is 0 Å². The molecule has 6 rings (SSSR count). The molecule has 0 aliphatic carbocycles. The minimum Gasteiger partial charge on any atom is -0.475 e. The van der Waals surface area contributed by atoms with Gasteiger partial charge in [-0.3, -0.25) is 4.79 Å². The number of aromatic nitrogens is 3. The number of nitrogens with one attached hydrogen (secondary N) is 3. The van der Waals surface area contributed by atoms with Crippen LogP contribution in [0.2, 0.25) is 0 Å². The molecule has 1 aromatic carbocycles. The van der Waals surface area contributed by atoms with Crippen molar-refractivity contribution in [3.05, 3.63) is 71.2 Å². The van der Waals surface area contributed by atoms with E-state index in [4.69, 9.17) is 14.5 Å². The normalized spacial score (nSPS) is 18.5. The number of amides is 1. The van der Waals surface area contributed by atoms with E-state index < -0.39 is 0 Å². The first kappa shape index (κ1) is 23.3. The van der Waals surface area contributed by atoms with Gasteiger partial charge in [-0.1, -0.05) is 30.3 Å². The Kier molecular flexibility index (Phi) is 6.15. The minimum absolute atomic E-state index is 0.113. The molecule has 0 saturated carbocycles. The van der Waals surface area contributed by atoms with Gasteiger partial charge in [0.2, 0.25) is 11.8 Å². The van der Waals surface area contributed by atoms with Crippen LogP contribution in [0.25, 0.3) is 0 Å². The number of rotatable bonds is 7. The highest BCUT2D eigenvalue weighted by Gasteiger charge is 2.39. The van der Waals surface area contributed by atoms with E-state index in [0.29, 0.717) is 66.5 Å². The molecule has 1 spiro atoms. The number of carbonyl (C=O) groups is 1. The number of anilines is 3. The van der Waals surface area contributed by atoms with Crippen molar-refractivity contribution in [3.8, 4) is 0 Å². The summed E-state index contributed by atoms with van der Waals surface area (Å²) in [6, 6.07) is 11.2. The number of hydrogen-bond acceptors (Lipinski definition) is 10. The number of fused-ring (bicyclic) bond motifs is 1. The largest absolute Gasteiger partial charge is 0.475 e. The van der Waals surface area contributed by atoms with Crippen molar-refractivity contribution < 1.29 is 19.4 Å². The van der Waals surface area contributed by atoms with Gasteiger partial charge in [0.25, 0.3) is 5.91 Å². The molecule has 3 aliphatic heterocycles. The first-order chi connectivity index (χ1) is 18.1. The molecule has 0 unspecified atom stereocenters. The zero-order valence-electron chi connectivity index (χ0n) is 20.1. The van der Waals surface area contributed by atoms with Crippen molar-refractivity contribution in [1.29, 1.82) is 0 Å². The van der Waals surface area contributed by atoms with Gasteiger partial charge < -0.3 is 30.5 Å². The SMILES string of the molecule is O=C1NCc2nc(Nc3cc(N[C@H](CO)c4ccccc4)c(C4=NC5(CCOCC5)CO4)cn3)ncc21. The Morgan fingerprint density at radius 2 is 1.92 bits per heavy atom. The maximum Gasteiger partial charge on any atom is 0.255 e. The van der Waals surface area contributed by atoms with E-state index in [0.717, 1.165) is 18.4 Å². The zero-order valence-corrected chi connectivity index (χ0v) is 20.1. The lowest BCUT2D eigenvalue weighted by Gasteiger charge is -2.28. The van der Waals surface area contributed by atoms with Crippen molar-refractivity contribution in [2.75, 3.05) is 37.1 Å². The monoisotopic (exact) mass is 501 g/mol. The highest BCUT2D eigenvalue weighted by Crippen LogP contribution is 2.34. The summed E-state index contributed by atoms with van der Waals surface area (Å²) >= 11 is 0. The van der Waals surface area contributed by atoms with Crippen molar-refractivity contribution >= 4 is 29.3 Å². The number of carbonyl (C=O) groups excluding carboxylic acids is 1. The summed E-state index contributed by atoms with van der Waals surface area (Å²) in [6.07, 6.45) is 4.82. The van der Waals surface area contributed by atoms with Gasteiger partial charge in [0, 0.05) is 31.7 Å². The minimum atomic E-state index is -0.359. The Labute approximate surface area is 213 Å². The first-order valence-corrected chi connectivity index (χ1v) is 12.3. The molecule has 4 N–H and O–H groups in total. The lowest BCUT2D eigenvalue weighted by Crippen LogP contribution is -2.35. The highest BCUT2D eigenvalue weighted by atomic mass is 16.5. The maximum atomic E-state index is 11.8. The third-order valence-electron chi connectivity index (χ3n) is 6.86. The summed E-state index contributed by atoms with van der Waals surface area (Å²) in [7, 11) is 0. The summed E-state index contributed by atoms with van der Waals surface area (Å²) < 4.78 is 11.6. The van der Waals surface area contributed by atoms with Gasteiger partial charge >= 0.3 is 0 Å². The van der Waals surface area contributed by atoms with Crippen LogP contribution in [0.5, 0.6) is 0 Å². The Balaban J connectivity index is 1.33. The number of pyridine rings is 1. The third-order valence-corrected chi connectivity index (χ3v) is 6.86. The standard InChI is InChI=1S/C26H27N7O4/c34-14-21(16-4-2-1-3-5-16)30-19-10-22(32-25-29-11-17-20(31-25)13-28-23(17)35)27-12-18(19)24-33-26(15-37-24)6-8-36-9-7-26/h1-5,10-12,21,34H,6-9,13-15H2,(H,28,35)(H2,27,29,30,31,32)/t21-/m1/s1. The molecular weight excluding hydrogens is 474 g/mol. The quantitative estimate of drug-likeness (QED) is 0.384. The summed E-state index contributed by atoms with van der Waals surface area (Å²) in [5.41, 5.74) is 3.17. The Bertz CT molecular complexity index is 1340. The molecule has 1 amide bonds. The van der Waals surface area contributed by atoms with E-state index in [2.05, 4.69) is 30.9 Å². The molecule has 3 aliphatic rings. The van der Waals surface area contributed by atoms with Gasteiger partial charge in [0.1, 0.15) is 18.0 Å². The van der Waals surface area contributed by atoms with Gasteiger partial charge in [-0.05, 0) is 18.4 Å². The van der Waals surface area contributed by atoms with Gasteiger partial charge in [-0.2, -0.15) is 0 Å². The van der Waals surface area contributed by atoms with Crippen LogP contribution in [0, 0.1) is 0 Å². The molecule has 1 fully saturated rings.